The first-order valence-electron chi connectivity index (χ1n) is 39.0. The molecule has 7 atom stereocenters. The van der Waals surface area contributed by atoms with Gasteiger partial charge in [-0.25, -0.2) is 29.3 Å². The summed E-state index contributed by atoms with van der Waals surface area (Å²) < 4.78 is 35.3. The standard InChI is InChI=1S/C29H36N4O3.C27H37N3O4.C26H33N7O4/c1-21-8-9-23-24(33(21)28(34)35-2)10-11-25-27(23)30-26(18-22-6-4-3-5-7-22)32(25)17-16-31-14-12-29(13-15-31)19-36-20-29;1-17-9-10-22-23(29(17)27(32)33-3)11-12-24-26(22)28-25(14-19-6-5-13-34-16-19)30(24)21-8-4-7-20(15-21)18(2)31;1-17-5-6-20-21(33(17)26(36)37-3)7-8-22-25(20)29-23(10-14-31-12-4-11-27-31)32(22)16-24(35)30-13-9-19(15-30)28-18(2)34/h3-7,10-11,21H,8-9,12-20H2,1-2H3;11-12,17,19-21H,4-10,13-16H2,1-3H3;4,7-8,11-12,17,19H,5-6,9-10,13-16H2,1-3H3,(H,28,34)/t21-;17-,19-,20+,21+;17-,19+/m000/s1. The van der Waals surface area contributed by atoms with Crippen molar-refractivity contribution in [2.24, 2.45) is 17.3 Å². The molecule has 1 saturated carbocycles. The Morgan fingerprint density at radius 1 is 0.598 bits per heavy atom. The third-order valence-electron chi connectivity index (χ3n) is 24.1. The molecule has 0 bridgehead atoms. The number of ketones is 1. The molecule has 16 rings (SSSR count). The van der Waals surface area contributed by atoms with Gasteiger partial charge in [-0.1, -0.05) is 36.8 Å². The summed E-state index contributed by atoms with van der Waals surface area (Å²) in [5.74, 6) is 3.82. The number of amides is 5. The van der Waals surface area contributed by atoms with E-state index in [0.717, 1.165) is 228 Å². The van der Waals surface area contributed by atoms with Gasteiger partial charge in [0, 0.05) is 143 Å². The number of aromatic nitrogens is 8. The van der Waals surface area contributed by atoms with Crippen LogP contribution in [0.5, 0.6) is 0 Å². The highest BCUT2D eigenvalue weighted by Crippen LogP contribution is 2.44. The van der Waals surface area contributed by atoms with Gasteiger partial charge in [-0.05, 0) is 185 Å². The van der Waals surface area contributed by atoms with Gasteiger partial charge in [0.15, 0.2) is 0 Å². The second-order valence-electron chi connectivity index (χ2n) is 31.1. The number of imidazole rings is 3. The summed E-state index contributed by atoms with van der Waals surface area (Å²) >= 11 is 0. The molecular formula is C82H106N14O11. The average Bonchev–Trinajstić information content (AvgIpc) is 1.64. The van der Waals surface area contributed by atoms with E-state index in [1.807, 2.05) is 45.5 Å². The van der Waals surface area contributed by atoms with Gasteiger partial charge in [0.05, 0.1) is 84.7 Å². The molecule has 1 N–H and O–H groups in total. The Kier molecular flexibility index (Phi) is 22.8. The number of rotatable bonds is 15. The number of piperidine rings is 1. The van der Waals surface area contributed by atoms with E-state index in [9.17, 15) is 28.8 Å². The number of Topliss-reactive ketones (excluding diaryl/α,β-unsaturated/α-hetero) is 1. The van der Waals surface area contributed by atoms with Crippen LogP contribution in [0.1, 0.15) is 157 Å². The summed E-state index contributed by atoms with van der Waals surface area (Å²) in [6.45, 7) is 19.1. The molecule has 570 valence electrons. The molecule has 1 spiro atoms. The molecule has 8 aliphatic rings. The van der Waals surface area contributed by atoms with Crippen LogP contribution in [-0.2, 0) is 96.2 Å². The minimum Gasteiger partial charge on any atom is -0.452 e. The van der Waals surface area contributed by atoms with Crippen LogP contribution in [0.4, 0.5) is 31.4 Å². The van der Waals surface area contributed by atoms with E-state index >= 15 is 0 Å². The molecule has 1 aliphatic carbocycles. The molecule has 0 radical (unpaired) electrons. The fourth-order valence-electron chi connectivity index (χ4n) is 18.1. The molecule has 0 unspecified atom stereocenters. The van der Waals surface area contributed by atoms with Crippen LogP contribution in [0.3, 0.4) is 0 Å². The Bertz CT molecular complexity index is 4530. The number of fused-ring (bicyclic) bond motifs is 9. The average molecular weight is 1460 g/mol. The number of hydrogen-bond acceptors (Lipinski definition) is 16. The van der Waals surface area contributed by atoms with Gasteiger partial charge in [0.25, 0.3) is 0 Å². The molecule has 25 heteroatoms. The van der Waals surface area contributed by atoms with Crippen molar-refractivity contribution in [2.45, 2.75) is 200 Å². The van der Waals surface area contributed by atoms with Gasteiger partial charge in [-0.3, -0.25) is 33.8 Å². The quantitative estimate of drug-likeness (QED) is 0.0937. The highest BCUT2D eigenvalue weighted by molar-refractivity contribution is 5.98. The molecule has 7 aliphatic heterocycles. The van der Waals surface area contributed by atoms with E-state index in [1.165, 1.54) is 52.2 Å². The second-order valence-corrected chi connectivity index (χ2v) is 31.1. The number of carbonyl (C=O) groups is 6. The lowest BCUT2D eigenvalue weighted by Gasteiger charge is -2.47. The lowest BCUT2D eigenvalue weighted by molar-refractivity contribution is -0.139. The SMILES string of the molecule is COC(=O)N1c2ccc3c(nc(CCn4cccn4)n3CC(=O)N3CC[C@@H](NC(C)=O)C3)c2CC[C@@H]1C.COC(=O)N1c2ccc3c(nc(C[C@@H]4CCCOC4)n3[C@@H]3CCC[C@@H](C(C)=O)C3)c2CC[C@@H]1C.COC(=O)N1c2ccc3c(nc(Cc4ccccc4)n3CCN3CCC4(CC3)COC4)c2CC[C@@H]1C. The summed E-state index contributed by atoms with van der Waals surface area (Å²) in [5, 5.41) is 7.21. The van der Waals surface area contributed by atoms with Crippen LogP contribution >= 0.6 is 0 Å². The zero-order valence-corrected chi connectivity index (χ0v) is 63.6. The van der Waals surface area contributed by atoms with Crippen molar-refractivity contribution < 1.29 is 52.5 Å². The largest absolute Gasteiger partial charge is 0.452 e. The van der Waals surface area contributed by atoms with Crippen molar-refractivity contribution in [1.29, 1.82) is 0 Å². The maximum absolute atomic E-state index is 13.4. The number of aryl methyl sites for hydroxylation is 5. The first-order valence-corrected chi connectivity index (χ1v) is 39.0. The number of methoxy groups -OCH3 is 3. The predicted octanol–water partition coefficient (Wildman–Crippen LogP) is 12.0. The molecule has 4 saturated heterocycles. The summed E-state index contributed by atoms with van der Waals surface area (Å²) in [7, 11) is 4.29. The first kappa shape index (κ1) is 74.6. The maximum atomic E-state index is 13.4. The number of anilines is 3. The van der Waals surface area contributed by atoms with E-state index in [-0.39, 0.29) is 72.8 Å². The van der Waals surface area contributed by atoms with Crippen molar-refractivity contribution in [3.8, 4) is 0 Å². The third-order valence-corrected chi connectivity index (χ3v) is 24.1. The summed E-state index contributed by atoms with van der Waals surface area (Å²) in [6, 6.07) is 25.3. The second kappa shape index (κ2) is 32.7. The molecule has 5 amide bonds. The Labute approximate surface area is 626 Å². The smallest absolute Gasteiger partial charge is 0.414 e. The van der Waals surface area contributed by atoms with Gasteiger partial charge < -0.3 is 52.5 Å². The van der Waals surface area contributed by atoms with E-state index in [1.54, 1.807) is 27.8 Å². The van der Waals surface area contributed by atoms with Crippen LogP contribution in [0.2, 0.25) is 0 Å². The zero-order valence-electron chi connectivity index (χ0n) is 63.6. The lowest BCUT2D eigenvalue weighted by atomic mass is 9.77. The minimum absolute atomic E-state index is 0.00461. The Morgan fingerprint density at radius 2 is 1.19 bits per heavy atom. The van der Waals surface area contributed by atoms with Crippen molar-refractivity contribution >= 4 is 86.0 Å². The van der Waals surface area contributed by atoms with Crippen molar-refractivity contribution in [1.82, 2.24) is 53.6 Å². The summed E-state index contributed by atoms with van der Waals surface area (Å²) in [6.07, 6.45) is 19.6. The zero-order chi connectivity index (χ0) is 74.6. The predicted molar refractivity (Wildman–Crippen MR) is 409 cm³/mol. The van der Waals surface area contributed by atoms with Gasteiger partial charge in [-0.15, -0.1) is 0 Å². The highest BCUT2D eigenvalue weighted by atomic mass is 16.6. The monoisotopic (exact) mass is 1460 g/mol. The molecule has 4 aromatic carbocycles. The van der Waals surface area contributed by atoms with E-state index in [4.69, 9.17) is 38.6 Å². The number of hydrogen-bond donors (Lipinski definition) is 1. The van der Waals surface area contributed by atoms with Crippen molar-refractivity contribution in [3.05, 3.63) is 125 Å². The minimum atomic E-state index is -0.385. The molecule has 4 aromatic heterocycles. The molecule has 25 nitrogen and oxygen atoms in total. The number of nitrogens with zero attached hydrogens (tertiary/aromatic N) is 13. The van der Waals surface area contributed by atoms with Crippen LogP contribution in [0, 0.1) is 17.3 Å². The van der Waals surface area contributed by atoms with E-state index < -0.39 is 0 Å². The van der Waals surface area contributed by atoms with Gasteiger partial charge in [0.2, 0.25) is 11.8 Å². The van der Waals surface area contributed by atoms with Gasteiger partial charge >= 0.3 is 18.3 Å². The maximum Gasteiger partial charge on any atom is 0.414 e. The number of nitrogens with one attached hydrogen (secondary N) is 1. The normalized spacial score (nSPS) is 22.6. The summed E-state index contributed by atoms with van der Waals surface area (Å²) in [4.78, 5) is 100.0. The fraction of sp³-hybridized carbons (Fsp3) is 0.561. The van der Waals surface area contributed by atoms with Gasteiger partial charge in [0.1, 0.15) is 29.8 Å². The fourth-order valence-corrected chi connectivity index (χ4v) is 18.1. The molecular weight excluding hydrogens is 1360 g/mol. The molecule has 5 fully saturated rings. The Hall–Kier alpha value is -9.20. The molecule has 11 heterocycles. The van der Waals surface area contributed by atoms with Crippen LogP contribution in [0.15, 0.2) is 85.2 Å². The van der Waals surface area contributed by atoms with E-state index in [2.05, 4.69) is 92.9 Å². The van der Waals surface area contributed by atoms with Crippen LogP contribution in [-0.4, -0.2) is 189 Å². The topological polar surface area (TPSA) is 248 Å². The van der Waals surface area contributed by atoms with Crippen molar-refractivity contribution in [2.75, 3.05) is 95.2 Å². The number of ether oxygens (including phenoxy) is 5. The number of benzene rings is 4. The highest BCUT2D eigenvalue weighted by Gasteiger charge is 2.42. The van der Waals surface area contributed by atoms with E-state index in [0.29, 0.717) is 43.2 Å². The number of likely N-dealkylation sites (tertiary alicyclic amines) is 2. The van der Waals surface area contributed by atoms with Crippen molar-refractivity contribution in [3.63, 3.8) is 0 Å². The third kappa shape index (κ3) is 15.8. The summed E-state index contributed by atoms with van der Waals surface area (Å²) in [5.41, 5.74) is 13.7. The Balaban J connectivity index is 0.000000135. The van der Waals surface area contributed by atoms with Crippen LogP contribution in [0.25, 0.3) is 33.1 Å². The molecule has 107 heavy (non-hydrogen) atoms. The molecule has 8 aromatic rings. The number of carbonyl (C=O) groups excluding carboxylic acids is 6. The van der Waals surface area contributed by atoms with Crippen LogP contribution < -0.4 is 20.0 Å². The lowest BCUT2D eigenvalue weighted by Crippen LogP contribution is -2.51. The first-order chi connectivity index (χ1) is 51.9. The Morgan fingerprint density at radius 3 is 1.74 bits per heavy atom. The van der Waals surface area contributed by atoms with Gasteiger partial charge in [-0.2, -0.15) is 5.10 Å².